The standard InChI is InChI=1S/C15H16N2O2S/c18-7-11-6-5-10-3-1-2-4-12(10)14(11)17-15(19)13-8-20-9-16-13/h1-4,8-9,11,14,18H,5-7H2,(H,17,19)/t11-,14-/m1/s1. The van der Waals surface area contributed by atoms with Crippen molar-refractivity contribution in [3.8, 4) is 0 Å². The zero-order valence-corrected chi connectivity index (χ0v) is 11.8. The lowest BCUT2D eigenvalue weighted by Crippen LogP contribution is -2.38. The average molecular weight is 288 g/mol. The fourth-order valence-corrected chi connectivity index (χ4v) is 3.29. The van der Waals surface area contributed by atoms with E-state index in [0.717, 1.165) is 18.4 Å². The van der Waals surface area contributed by atoms with Crippen molar-refractivity contribution in [2.75, 3.05) is 6.61 Å². The summed E-state index contributed by atoms with van der Waals surface area (Å²) < 4.78 is 0. The molecule has 5 heteroatoms. The maximum Gasteiger partial charge on any atom is 0.271 e. The van der Waals surface area contributed by atoms with Crippen LogP contribution in [-0.4, -0.2) is 22.6 Å². The molecule has 20 heavy (non-hydrogen) atoms. The summed E-state index contributed by atoms with van der Waals surface area (Å²) in [6.07, 6.45) is 1.83. The van der Waals surface area contributed by atoms with Gasteiger partial charge in [0.25, 0.3) is 5.91 Å². The Kier molecular flexibility index (Phi) is 3.80. The van der Waals surface area contributed by atoms with E-state index in [9.17, 15) is 9.90 Å². The summed E-state index contributed by atoms with van der Waals surface area (Å²) in [6.45, 7) is 0.0797. The first-order valence-corrected chi connectivity index (χ1v) is 7.61. The van der Waals surface area contributed by atoms with Crippen molar-refractivity contribution in [3.63, 3.8) is 0 Å². The molecule has 0 unspecified atom stereocenters. The summed E-state index contributed by atoms with van der Waals surface area (Å²) >= 11 is 1.40. The van der Waals surface area contributed by atoms with Crippen molar-refractivity contribution in [2.24, 2.45) is 5.92 Å². The Hall–Kier alpha value is -1.72. The lowest BCUT2D eigenvalue weighted by atomic mass is 9.80. The van der Waals surface area contributed by atoms with E-state index in [2.05, 4.69) is 16.4 Å². The van der Waals surface area contributed by atoms with E-state index in [0.29, 0.717) is 5.69 Å². The highest BCUT2D eigenvalue weighted by Gasteiger charge is 2.30. The minimum Gasteiger partial charge on any atom is -0.396 e. The van der Waals surface area contributed by atoms with Crippen molar-refractivity contribution in [2.45, 2.75) is 18.9 Å². The van der Waals surface area contributed by atoms with Crippen LogP contribution in [0.1, 0.15) is 34.1 Å². The molecule has 1 heterocycles. The smallest absolute Gasteiger partial charge is 0.271 e. The SMILES string of the molecule is O=C(N[C@H]1c2ccccc2CC[C@@H]1CO)c1cscn1. The predicted octanol–water partition coefficient (Wildman–Crippen LogP) is 2.17. The third-order valence-electron chi connectivity index (χ3n) is 3.83. The molecule has 3 rings (SSSR count). The number of rotatable bonds is 3. The first-order chi connectivity index (χ1) is 9.79. The molecule has 0 radical (unpaired) electrons. The Morgan fingerprint density at radius 1 is 1.45 bits per heavy atom. The molecule has 0 aliphatic heterocycles. The van der Waals surface area contributed by atoms with E-state index in [4.69, 9.17) is 0 Å². The average Bonchev–Trinajstić information content (AvgIpc) is 3.02. The third-order valence-corrected chi connectivity index (χ3v) is 4.42. The molecule has 0 bridgehead atoms. The number of carbonyl (C=O) groups is 1. The number of carbonyl (C=O) groups excluding carboxylic acids is 1. The third kappa shape index (κ3) is 2.46. The van der Waals surface area contributed by atoms with Gasteiger partial charge in [0.1, 0.15) is 5.69 Å². The van der Waals surface area contributed by atoms with E-state index >= 15 is 0 Å². The van der Waals surface area contributed by atoms with Gasteiger partial charge in [0, 0.05) is 17.9 Å². The Labute approximate surface area is 121 Å². The van der Waals surface area contributed by atoms with Crippen molar-refractivity contribution in [1.29, 1.82) is 0 Å². The fraction of sp³-hybridized carbons (Fsp3) is 0.333. The molecule has 0 spiro atoms. The van der Waals surface area contributed by atoms with Crippen LogP contribution in [0, 0.1) is 5.92 Å². The van der Waals surface area contributed by atoms with Crippen LogP contribution >= 0.6 is 11.3 Å². The van der Waals surface area contributed by atoms with E-state index in [1.807, 2.05) is 18.2 Å². The summed E-state index contributed by atoms with van der Waals surface area (Å²) in [7, 11) is 0. The van der Waals surface area contributed by atoms with Crippen LogP contribution in [0.3, 0.4) is 0 Å². The predicted molar refractivity (Wildman–Crippen MR) is 77.7 cm³/mol. The van der Waals surface area contributed by atoms with Crippen LogP contribution in [0.25, 0.3) is 0 Å². The number of amides is 1. The molecule has 0 saturated carbocycles. The number of aliphatic hydroxyl groups is 1. The van der Waals surface area contributed by atoms with E-state index < -0.39 is 0 Å². The lowest BCUT2D eigenvalue weighted by Gasteiger charge is -2.33. The highest BCUT2D eigenvalue weighted by atomic mass is 32.1. The summed E-state index contributed by atoms with van der Waals surface area (Å²) in [5.41, 5.74) is 4.45. The van der Waals surface area contributed by atoms with Gasteiger partial charge in [0.2, 0.25) is 0 Å². The second-order valence-electron chi connectivity index (χ2n) is 5.00. The van der Waals surface area contributed by atoms with Crippen molar-refractivity contribution >= 4 is 17.2 Å². The van der Waals surface area contributed by atoms with Gasteiger partial charge in [0.05, 0.1) is 11.6 Å². The van der Waals surface area contributed by atoms with Crippen LogP contribution in [0.5, 0.6) is 0 Å². The molecule has 2 atom stereocenters. The number of aryl methyl sites for hydroxylation is 1. The van der Waals surface area contributed by atoms with Crippen molar-refractivity contribution < 1.29 is 9.90 Å². The Morgan fingerprint density at radius 3 is 3.05 bits per heavy atom. The normalized spacial score (nSPS) is 21.2. The van der Waals surface area contributed by atoms with E-state index in [1.165, 1.54) is 16.9 Å². The van der Waals surface area contributed by atoms with Gasteiger partial charge in [0.15, 0.2) is 0 Å². The Balaban J connectivity index is 1.87. The number of aromatic nitrogens is 1. The number of fused-ring (bicyclic) bond motifs is 1. The van der Waals surface area contributed by atoms with Crippen LogP contribution in [0.15, 0.2) is 35.2 Å². The minimum absolute atomic E-state index is 0.0625. The van der Waals surface area contributed by atoms with Gasteiger partial charge in [-0.2, -0.15) is 0 Å². The van der Waals surface area contributed by atoms with E-state index in [-0.39, 0.29) is 24.5 Å². The molecule has 1 aliphatic carbocycles. The molecule has 0 fully saturated rings. The fourth-order valence-electron chi connectivity index (χ4n) is 2.76. The molecule has 0 saturated heterocycles. The Bertz CT molecular complexity index is 598. The van der Waals surface area contributed by atoms with Gasteiger partial charge in [-0.15, -0.1) is 11.3 Å². The number of benzene rings is 1. The highest BCUT2D eigenvalue weighted by Crippen LogP contribution is 2.34. The zero-order chi connectivity index (χ0) is 13.9. The molecule has 2 aromatic rings. The van der Waals surface area contributed by atoms with Gasteiger partial charge < -0.3 is 10.4 Å². The Morgan fingerprint density at radius 2 is 2.30 bits per heavy atom. The largest absolute Gasteiger partial charge is 0.396 e. The number of hydrogen-bond acceptors (Lipinski definition) is 4. The second kappa shape index (κ2) is 5.73. The molecule has 104 valence electrons. The number of hydrogen-bond donors (Lipinski definition) is 2. The topological polar surface area (TPSA) is 62.2 Å². The van der Waals surface area contributed by atoms with Gasteiger partial charge >= 0.3 is 0 Å². The van der Waals surface area contributed by atoms with Gasteiger partial charge in [-0.1, -0.05) is 24.3 Å². The second-order valence-corrected chi connectivity index (χ2v) is 5.72. The number of thiazole rings is 1. The first kappa shape index (κ1) is 13.3. The van der Waals surface area contributed by atoms with Gasteiger partial charge in [-0.25, -0.2) is 4.98 Å². The zero-order valence-electron chi connectivity index (χ0n) is 11.0. The van der Waals surface area contributed by atoms with Crippen LogP contribution in [0.2, 0.25) is 0 Å². The van der Waals surface area contributed by atoms with E-state index in [1.54, 1.807) is 10.9 Å². The minimum atomic E-state index is -0.175. The highest BCUT2D eigenvalue weighted by molar-refractivity contribution is 7.07. The maximum atomic E-state index is 12.2. The molecule has 1 aromatic carbocycles. The molecule has 1 aromatic heterocycles. The lowest BCUT2D eigenvalue weighted by molar-refractivity contribution is 0.0889. The van der Waals surface area contributed by atoms with Crippen molar-refractivity contribution in [1.82, 2.24) is 10.3 Å². The summed E-state index contributed by atoms with van der Waals surface area (Å²) in [4.78, 5) is 16.2. The number of nitrogens with one attached hydrogen (secondary N) is 1. The monoisotopic (exact) mass is 288 g/mol. The quantitative estimate of drug-likeness (QED) is 0.910. The maximum absolute atomic E-state index is 12.2. The van der Waals surface area contributed by atoms with Crippen LogP contribution < -0.4 is 5.32 Å². The van der Waals surface area contributed by atoms with Gasteiger partial charge in [-0.05, 0) is 24.0 Å². The molecular weight excluding hydrogens is 272 g/mol. The first-order valence-electron chi connectivity index (χ1n) is 6.67. The molecular formula is C15H16N2O2S. The summed E-state index contributed by atoms with van der Waals surface area (Å²) in [5.74, 6) is -0.112. The number of aliphatic hydroxyl groups excluding tert-OH is 1. The molecule has 2 N–H and O–H groups in total. The molecule has 1 amide bonds. The molecule has 4 nitrogen and oxygen atoms in total. The number of nitrogens with zero attached hydrogens (tertiary/aromatic N) is 1. The molecule has 1 aliphatic rings. The summed E-state index contributed by atoms with van der Waals surface area (Å²) in [5, 5.41) is 14.3. The van der Waals surface area contributed by atoms with Gasteiger partial charge in [-0.3, -0.25) is 4.79 Å². The van der Waals surface area contributed by atoms with Crippen LogP contribution in [-0.2, 0) is 6.42 Å². The summed E-state index contributed by atoms with van der Waals surface area (Å²) in [6, 6.07) is 7.96. The van der Waals surface area contributed by atoms with Crippen molar-refractivity contribution in [3.05, 3.63) is 52.0 Å². The van der Waals surface area contributed by atoms with Crippen LogP contribution in [0.4, 0.5) is 0 Å².